The summed E-state index contributed by atoms with van der Waals surface area (Å²) in [6.07, 6.45) is 9.21. The lowest BCUT2D eigenvalue weighted by molar-refractivity contribution is 0.217. The largest absolute Gasteiger partial charge is 0.611 e. The highest BCUT2D eigenvalue weighted by Crippen LogP contribution is 2.43. The van der Waals surface area contributed by atoms with Gasteiger partial charge in [-0.25, -0.2) is 15.0 Å². The van der Waals surface area contributed by atoms with E-state index in [0.29, 0.717) is 28.0 Å². The first-order valence-electron chi connectivity index (χ1n) is 9.86. The quantitative estimate of drug-likeness (QED) is 0.381. The molecule has 0 aliphatic carbocycles. The number of pyridine rings is 1. The van der Waals surface area contributed by atoms with Gasteiger partial charge in [-0.05, 0) is 18.6 Å². The molecule has 0 radical (unpaired) electrons. The predicted molar refractivity (Wildman–Crippen MR) is 126 cm³/mol. The fourth-order valence-corrected chi connectivity index (χ4v) is 6.26. The molecule has 0 bridgehead atoms. The third-order valence-corrected chi connectivity index (χ3v) is 8.06. The molecule has 0 aliphatic heterocycles. The number of fused-ring (bicyclic) bond motifs is 2. The van der Waals surface area contributed by atoms with Gasteiger partial charge in [0.05, 0.1) is 18.0 Å². The first kappa shape index (κ1) is 20.9. The van der Waals surface area contributed by atoms with Crippen LogP contribution in [0.3, 0.4) is 0 Å². The second-order valence-electron chi connectivity index (χ2n) is 7.36. The smallest absolute Gasteiger partial charge is 0.233 e. The van der Waals surface area contributed by atoms with Crippen LogP contribution >= 0.6 is 11.3 Å². The number of hydrogen-bond acceptors (Lipinski definition) is 8. The fraction of sp³-hybridized carbons (Fsp3) is 0.238. The van der Waals surface area contributed by atoms with Crippen LogP contribution in [0.5, 0.6) is 0 Å². The summed E-state index contributed by atoms with van der Waals surface area (Å²) in [5.41, 5.74) is 11.4. The van der Waals surface area contributed by atoms with Crippen LogP contribution < -0.4 is 5.73 Å². The molecule has 0 saturated carbocycles. The molecular formula is C21H21N7O2S2. The summed E-state index contributed by atoms with van der Waals surface area (Å²) in [7, 11) is 3.47. The molecule has 0 aliphatic rings. The van der Waals surface area contributed by atoms with Crippen LogP contribution in [0.25, 0.3) is 38.4 Å². The molecule has 11 heteroatoms. The van der Waals surface area contributed by atoms with Crippen LogP contribution in [0.4, 0.5) is 5.69 Å². The number of imidazole rings is 1. The van der Waals surface area contributed by atoms with Crippen molar-refractivity contribution >= 4 is 44.2 Å². The number of nitrogen functional groups attached to an aromatic ring is 1. The van der Waals surface area contributed by atoms with E-state index in [1.54, 1.807) is 24.2 Å². The SMILES string of the molecule is COCC[S+]([O-])c1sc2nc(-c3cnc4nccn4c3)cc(-c3cn(C)nc3C)c2c1N. The van der Waals surface area contributed by atoms with E-state index >= 15 is 0 Å². The Morgan fingerprint density at radius 1 is 1.25 bits per heavy atom. The standard InChI is InChI=1S/C21H21N7O2S2/c1-12-15(11-27(2)26-12)14-8-16(13-9-24-21-23-4-5-28(21)10-13)25-19-17(14)18(22)20(31-19)32(29)7-6-30-3/h4-5,8-11H,6-7,22H2,1-3H3. The first-order chi connectivity index (χ1) is 15.5. The van der Waals surface area contributed by atoms with Gasteiger partial charge in [0.1, 0.15) is 16.3 Å². The van der Waals surface area contributed by atoms with Gasteiger partial charge in [0.15, 0.2) is 0 Å². The first-order valence-corrected chi connectivity index (χ1v) is 12.0. The Labute approximate surface area is 191 Å². The maximum atomic E-state index is 12.9. The number of aryl methyl sites for hydroxylation is 2. The van der Waals surface area contributed by atoms with Gasteiger partial charge in [-0.3, -0.25) is 9.08 Å². The highest BCUT2D eigenvalue weighted by molar-refractivity contribution is 7.93. The van der Waals surface area contributed by atoms with Crippen molar-refractivity contribution in [2.45, 2.75) is 11.1 Å². The minimum absolute atomic E-state index is 0.378. The van der Waals surface area contributed by atoms with E-state index < -0.39 is 11.2 Å². The molecule has 1 atom stereocenters. The topological polar surface area (TPSA) is 119 Å². The van der Waals surface area contributed by atoms with Gasteiger partial charge in [0.25, 0.3) is 0 Å². The molecular weight excluding hydrogens is 446 g/mol. The summed E-state index contributed by atoms with van der Waals surface area (Å²) in [5.74, 6) is 0.998. The normalized spacial score (nSPS) is 12.8. The number of nitrogens with two attached hydrogens (primary N) is 1. The van der Waals surface area contributed by atoms with Crippen LogP contribution in [-0.2, 0) is 23.0 Å². The minimum Gasteiger partial charge on any atom is -0.611 e. The second-order valence-corrected chi connectivity index (χ2v) is 10.1. The Bertz CT molecular complexity index is 1440. The lowest BCUT2D eigenvalue weighted by Gasteiger charge is -2.09. The number of rotatable bonds is 6. The number of thiophene rings is 1. The van der Waals surface area contributed by atoms with Crippen LogP contribution in [0, 0.1) is 6.92 Å². The van der Waals surface area contributed by atoms with Gasteiger partial charge >= 0.3 is 0 Å². The van der Waals surface area contributed by atoms with Gasteiger partial charge in [-0.2, -0.15) is 5.10 Å². The molecule has 5 aromatic rings. The van der Waals surface area contributed by atoms with E-state index in [9.17, 15) is 4.55 Å². The van der Waals surface area contributed by atoms with Crippen molar-refractivity contribution in [1.29, 1.82) is 0 Å². The predicted octanol–water partition coefficient (Wildman–Crippen LogP) is 3.05. The van der Waals surface area contributed by atoms with Crippen LogP contribution in [0.15, 0.2) is 41.3 Å². The van der Waals surface area contributed by atoms with Gasteiger partial charge < -0.3 is 15.0 Å². The van der Waals surface area contributed by atoms with E-state index in [-0.39, 0.29) is 0 Å². The summed E-state index contributed by atoms with van der Waals surface area (Å²) < 4.78 is 22.2. The molecule has 5 aromatic heterocycles. The average Bonchev–Trinajstić information content (AvgIpc) is 3.47. The van der Waals surface area contributed by atoms with Gasteiger partial charge in [-0.1, -0.05) is 11.3 Å². The van der Waals surface area contributed by atoms with E-state index in [1.807, 2.05) is 43.0 Å². The highest BCUT2D eigenvalue weighted by atomic mass is 32.2. The number of ether oxygens (including phenoxy) is 1. The summed E-state index contributed by atoms with van der Waals surface area (Å²) in [5, 5.41) is 5.30. The Hall–Kier alpha value is -2.99. The maximum Gasteiger partial charge on any atom is 0.233 e. The van der Waals surface area contributed by atoms with Crippen molar-refractivity contribution in [3.05, 3.63) is 42.7 Å². The second kappa shape index (κ2) is 8.17. The van der Waals surface area contributed by atoms with Crippen molar-refractivity contribution in [2.75, 3.05) is 25.2 Å². The number of nitrogens with zero attached hydrogens (tertiary/aromatic N) is 6. The summed E-state index contributed by atoms with van der Waals surface area (Å²) >= 11 is 0.0858. The van der Waals surface area contributed by atoms with E-state index in [1.165, 1.54) is 11.3 Å². The number of methoxy groups -OCH3 is 1. The Morgan fingerprint density at radius 3 is 2.84 bits per heavy atom. The zero-order valence-electron chi connectivity index (χ0n) is 17.8. The third kappa shape index (κ3) is 3.52. The molecule has 32 heavy (non-hydrogen) atoms. The molecule has 5 rings (SSSR count). The summed E-state index contributed by atoms with van der Waals surface area (Å²) in [6, 6.07) is 2.00. The Kier molecular flexibility index (Phi) is 5.33. The monoisotopic (exact) mass is 467 g/mol. The average molecular weight is 468 g/mol. The van der Waals surface area contributed by atoms with Crippen molar-refractivity contribution in [3.63, 3.8) is 0 Å². The van der Waals surface area contributed by atoms with Gasteiger partial charge in [0, 0.05) is 72.8 Å². The Balaban J connectivity index is 1.75. The van der Waals surface area contributed by atoms with Crippen molar-refractivity contribution in [1.82, 2.24) is 29.1 Å². The molecule has 0 spiro atoms. The van der Waals surface area contributed by atoms with E-state index in [0.717, 1.165) is 38.3 Å². The van der Waals surface area contributed by atoms with Crippen molar-refractivity contribution < 1.29 is 9.29 Å². The number of hydrogen-bond donors (Lipinski definition) is 1. The zero-order valence-corrected chi connectivity index (χ0v) is 19.4. The van der Waals surface area contributed by atoms with Gasteiger partial charge in [0.2, 0.25) is 9.99 Å². The number of aromatic nitrogens is 6. The molecule has 9 nitrogen and oxygen atoms in total. The third-order valence-electron chi connectivity index (χ3n) is 5.19. The van der Waals surface area contributed by atoms with Crippen LogP contribution in [0.2, 0.25) is 0 Å². The fourth-order valence-electron chi connectivity index (χ4n) is 3.69. The maximum absolute atomic E-state index is 12.9. The summed E-state index contributed by atoms with van der Waals surface area (Å²) in [4.78, 5) is 14.2. The van der Waals surface area contributed by atoms with E-state index in [2.05, 4.69) is 15.1 Å². The molecule has 0 fully saturated rings. The molecule has 5 heterocycles. The van der Waals surface area contributed by atoms with Crippen molar-refractivity contribution in [2.24, 2.45) is 7.05 Å². The number of anilines is 1. The lowest BCUT2D eigenvalue weighted by Crippen LogP contribution is -2.11. The molecule has 164 valence electrons. The highest BCUT2D eigenvalue weighted by Gasteiger charge is 2.26. The van der Waals surface area contributed by atoms with Crippen molar-refractivity contribution in [3.8, 4) is 22.4 Å². The minimum atomic E-state index is -1.27. The molecule has 1 unspecified atom stereocenters. The zero-order chi connectivity index (χ0) is 22.4. The molecule has 0 amide bonds. The van der Waals surface area contributed by atoms with Gasteiger partial charge in [-0.15, -0.1) is 0 Å². The lowest BCUT2D eigenvalue weighted by atomic mass is 10.0. The molecule has 0 saturated heterocycles. The van der Waals surface area contributed by atoms with E-state index in [4.69, 9.17) is 15.5 Å². The molecule has 2 N–H and O–H groups in total. The Morgan fingerprint density at radius 2 is 2.09 bits per heavy atom. The molecule has 0 aromatic carbocycles. The van der Waals surface area contributed by atoms with Crippen LogP contribution in [-0.4, -0.2) is 53.2 Å². The summed E-state index contributed by atoms with van der Waals surface area (Å²) in [6.45, 7) is 2.35. The van der Waals surface area contributed by atoms with Crippen LogP contribution in [0.1, 0.15) is 5.69 Å².